The van der Waals surface area contributed by atoms with E-state index in [1.54, 1.807) is 0 Å². The Bertz CT molecular complexity index is 645. The number of aryl methyl sites for hydroxylation is 1. The summed E-state index contributed by atoms with van der Waals surface area (Å²) < 4.78 is 0. The van der Waals surface area contributed by atoms with Gasteiger partial charge in [-0.05, 0) is 31.5 Å². The molecule has 0 saturated carbocycles. The van der Waals surface area contributed by atoms with Crippen molar-refractivity contribution >= 4 is 34.8 Å². The van der Waals surface area contributed by atoms with Gasteiger partial charge in [0.05, 0.1) is 21.8 Å². The second kappa shape index (κ2) is 6.37. The lowest BCUT2D eigenvalue weighted by molar-refractivity contribution is 0.0940. The van der Waals surface area contributed by atoms with Crippen LogP contribution in [0.5, 0.6) is 0 Å². The summed E-state index contributed by atoms with van der Waals surface area (Å²) in [5, 5.41) is 3.46. The van der Waals surface area contributed by atoms with Gasteiger partial charge in [-0.2, -0.15) is 0 Å². The van der Waals surface area contributed by atoms with Crippen LogP contribution in [-0.2, 0) is 0 Å². The Labute approximate surface area is 134 Å². The van der Waals surface area contributed by atoms with Crippen molar-refractivity contribution in [1.82, 2.24) is 5.32 Å². The Hall–Kier alpha value is -1.71. The lowest BCUT2D eigenvalue weighted by Crippen LogP contribution is -2.26. The molecular formula is C16H16Cl2N2O. The number of hydrogen-bond donors (Lipinski definition) is 2. The van der Waals surface area contributed by atoms with Gasteiger partial charge in [0.2, 0.25) is 0 Å². The number of nitrogens with one attached hydrogen (secondary N) is 1. The van der Waals surface area contributed by atoms with E-state index in [0.29, 0.717) is 5.56 Å². The monoisotopic (exact) mass is 322 g/mol. The summed E-state index contributed by atoms with van der Waals surface area (Å²) in [6.07, 6.45) is 0. The van der Waals surface area contributed by atoms with E-state index in [1.165, 1.54) is 17.7 Å². The van der Waals surface area contributed by atoms with Crippen LogP contribution in [0, 0.1) is 6.92 Å². The fraction of sp³-hybridized carbons (Fsp3) is 0.188. The quantitative estimate of drug-likeness (QED) is 0.824. The van der Waals surface area contributed by atoms with Crippen molar-refractivity contribution in [2.24, 2.45) is 0 Å². The second-order valence-corrected chi connectivity index (χ2v) is 5.77. The Morgan fingerprint density at radius 2 is 1.67 bits per heavy atom. The van der Waals surface area contributed by atoms with Crippen molar-refractivity contribution in [2.75, 3.05) is 5.73 Å². The number of carbonyl (C=O) groups excluding carboxylic acids is 1. The van der Waals surface area contributed by atoms with Crippen LogP contribution < -0.4 is 11.1 Å². The van der Waals surface area contributed by atoms with E-state index in [4.69, 9.17) is 28.9 Å². The van der Waals surface area contributed by atoms with Gasteiger partial charge in [-0.15, -0.1) is 0 Å². The molecule has 0 heterocycles. The standard InChI is InChI=1S/C16H16Cl2N2O/c1-9-3-5-11(6-4-9)10(2)20-16(21)12-7-13(17)15(19)14(18)8-12/h3-8,10H,19H2,1-2H3,(H,20,21). The fourth-order valence-electron chi connectivity index (χ4n) is 1.93. The minimum atomic E-state index is -0.244. The summed E-state index contributed by atoms with van der Waals surface area (Å²) in [7, 11) is 0. The molecule has 2 rings (SSSR count). The van der Waals surface area contributed by atoms with Gasteiger partial charge in [-0.25, -0.2) is 0 Å². The maximum Gasteiger partial charge on any atom is 0.251 e. The van der Waals surface area contributed by atoms with E-state index >= 15 is 0 Å². The van der Waals surface area contributed by atoms with E-state index in [9.17, 15) is 4.79 Å². The SMILES string of the molecule is Cc1ccc(C(C)NC(=O)c2cc(Cl)c(N)c(Cl)c2)cc1. The van der Waals surface area contributed by atoms with Crippen molar-refractivity contribution in [2.45, 2.75) is 19.9 Å². The lowest BCUT2D eigenvalue weighted by Gasteiger charge is -2.15. The van der Waals surface area contributed by atoms with E-state index in [2.05, 4.69) is 5.32 Å². The average molecular weight is 323 g/mol. The molecule has 3 nitrogen and oxygen atoms in total. The molecule has 2 aromatic rings. The van der Waals surface area contributed by atoms with Gasteiger partial charge in [0.1, 0.15) is 0 Å². The molecule has 3 N–H and O–H groups in total. The smallest absolute Gasteiger partial charge is 0.251 e. The number of amides is 1. The Morgan fingerprint density at radius 3 is 2.19 bits per heavy atom. The first-order valence-electron chi connectivity index (χ1n) is 6.50. The maximum atomic E-state index is 12.2. The largest absolute Gasteiger partial charge is 0.396 e. The molecule has 1 unspecified atom stereocenters. The van der Waals surface area contributed by atoms with Crippen molar-refractivity contribution < 1.29 is 4.79 Å². The minimum Gasteiger partial charge on any atom is -0.396 e. The van der Waals surface area contributed by atoms with E-state index in [0.717, 1.165) is 5.56 Å². The van der Waals surface area contributed by atoms with Crippen molar-refractivity contribution in [1.29, 1.82) is 0 Å². The third-order valence-electron chi connectivity index (χ3n) is 3.27. The number of nitrogen functional groups attached to an aromatic ring is 1. The maximum absolute atomic E-state index is 12.2. The van der Waals surface area contributed by atoms with Gasteiger partial charge in [0.25, 0.3) is 5.91 Å². The summed E-state index contributed by atoms with van der Waals surface area (Å²) in [4.78, 5) is 12.2. The molecule has 0 aliphatic heterocycles. The molecule has 0 aliphatic rings. The van der Waals surface area contributed by atoms with Crippen molar-refractivity contribution in [3.05, 3.63) is 63.1 Å². The molecule has 21 heavy (non-hydrogen) atoms. The molecule has 110 valence electrons. The van der Waals surface area contributed by atoms with E-state index in [-0.39, 0.29) is 27.7 Å². The highest BCUT2D eigenvalue weighted by atomic mass is 35.5. The summed E-state index contributed by atoms with van der Waals surface area (Å²) in [6, 6.07) is 10.9. The van der Waals surface area contributed by atoms with Crippen molar-refractivity contribution in [3.8, 4) is 0 Å². The molecule has 0 aromatic heterocycles. The van der Waals surface area contributed by atoms with Crippen LogP contribution in [0.15, 0.2) is 36.4 Å². The normalized spacial score (nSPS) is 12.0. The van der Waals surface area contributed by atoms with Crippen LogP contribution in [0.4, 0.5) is 5.69 Å². The van der Waals surface area contributed by atoms with Crippen LogP contribution >= 0.6 is 23.2 Å². The molecule has 5 heteroatoms. The molecule has 0 aliphatic carbocycles. The van der Waals surface area contributed by atoms with Crippen LogP contribution in [0.1, 0.15) is 34.5 Å². The predicted molar refractivity (Wildman–Crippen MR) is 87.9 cm³/mol. The number of benzene rings is 2. The Morgan fingerprint density at radius 1 is 1.14 bits per heavy atom. The summed E-state index contributed by atoms with van der Waals surface area (Å²) in [5.74, 6) is -0.244. The van der Waals surface area contributed by atoms with Gasteiger partial charge in [-0.3, -0.25) is 4.79 Å². The average Bonchev–Trinajstić information content (AvgIpc) is 2.44. The number of rotatable bonds is 3. The number of carbonyl (C=O) groups is 1. The van der Waals surface area contributed by atoms with Crippen LogP contribution in [0.2, 0.25) is 10.0 Å². The van der Waals surface area contributed by atoms with Gasteiger partial charge < -0.3 is 11.1 Å². The molecule has 1 atom stereocenters. The van der Waals surface area contributed by atoms with Gasteiger partial charge in [0, 0.05) is 5.56 Å². The summed E-state index contributed by atoms with van der Waals surface area (Å²) >= 11 is 11.9. The summed E-state index contributed by atoms with van der Waals surface area (Å²) in [5.41, 5.74) is 8.53. The first-order chi connectivity index (χ1) is 9.88. The molecule has 2 aromatic carbocycles. The molecule has 0 bridgehead atoms. The molecule has 0 radical (unpaired) electrons. The molecule has 0 fully saturated rings. The zero-order valence-electron chi connectivity index (χ0n) is 11.8. The fourth-order valence-corrected chi connectivity index (χ4v) is 2.42. The van der Waals surface area contributed by atoms with Crippen LogP contribution in [0.3, 0.4) is 0 Å². The second-order valence-electron chi connectivity index (χ2n) is 4.96. The summed E-state index contributed by atoms with van der Waals surface area (Å²) in [6.45, 7) is 3.94. The number of hydrogen-bond acceptors (Lipinski definition) is 2. The molecule has 1 amide bonds. The third kappa shape index (κ3) is 3.69. The van der Waals surface area contributed by atoms with E-state index < -0.39 is 0 Å². The Balaban J connectivity index is 2.16. The highest BCUT2D eigenvalue weighted by Gasteiger charge is 2.14. The number of nitrogens with two attached hydrogens (primary N) is 1. The lowest BCUT2D eigenvalue weighted by atomic mass is 10.1. The van der Waals surface area contributed by atoms with Crippen molar-refractivity contribution in [3.63, 3.8) is 0 Å². The van der Waals surface area contributed by atoms with Crippen LogP contribution in [0.25, 0.3) is 0 Å². The minimum absolute atomic E-state index is 0.117. The number of halogens is 2. The number of anilines is 1. The predicted octanol–water partition coefficient (Wildman–Crippen LogP) is 4.38. The van der Waals surface area contributed by atoms with Gasteiger partial charge in [0.15, 0.2) is 0 Å². The van der Waals surface area contributed by atoms with Crippen LogP contribution in [-0.4, -0.2) is 5.91 Å². The molecule has 0 saturated heterocycles. The van der Waals surface area contributed by atoms with Gasteiger partial charge in [-0.1, -0.05) is 53.0 Å². The highest BCUT2D eigenvalue weighted by Crippen LogP contribution is 2.29. The zero-order valence-corrected chi connectivity index (χ0v) is 13.3. The highest BCUT2D eigenvalue weighted by molar-refractivity contribution is 6.39. The first kappa shape index (κ1) is 15.7. The molecular weight excluding hydrogens is 307 g/mol. The van der Waals surface area contributed by atoms with E-state index in [1.807, 2.05) is 38.1 Å². The molecule has 0 spiro atoms. The third-order valence-corrected chi connectivity index (χ3v) is 3.89. The zero-order chi connectivity index (χ0) is 15.6. The topological polar surface area (TPSA) is 55.1 Å². The first-order valence-corrected chi connectivity index (χ1v) is 7.26. The van der Waals surface area contributed by atoms with Gasteiger partial charge >= 0.3 is 0 Å². The Kier molecular flexibility index (Phi) is 4.76.